The minimum atomic E-state index is -3.93. The van der Waals surface area contributed by atoms with Crippen molar-refractivity contribution in [1.82, 2.24) is 3.97 Å². The highest BCUT2D eigenvalue weighted by Gasteiger charge is 2.23. The number of nitrogens with two attached hydrogens (primary N) is 1. The summed E-state index contributed by atoms with van der Waals surface area (Å²) in [5, 5.41) is 2.31. The number of fused-ring (bicyclic) bond motifs is 1. The molecule has 0 radical (unpaired) electrons. The lowest BCUT2D eigenvalue weighted by molar-refractivity contribution is 0.589. The van der Waals surface area contributed by atoms with Gasteiger partial charge >= 0.3 is 0 Å². The zero-order valence-corrected chi connectivity index (χ0v) is 12.7. The van der Waals surface area contributed by atoms with E-state index in [9.17, 15) is 13.2 Å². The maximum atomic E-state index is 12.7. The van der Waals surface area contributed by atoms with Gasteiger partial charge in [0, 0.05) is 11.3 Å². The number of thiophene rings is 1. The smallest absolute Gasteiger partial charge is 0.280 e. The summed E-state index contributed by atoms with van der Waals surface area (Å²) in [5.41, 5.74) is 6.24. The molecule has 0 atom stereocenters. The molecule has 0 unspecified atom stereocenters. The van der Waals surface area contributed by atoms with E-state index < -0.39 is 15.6 Å². The first-order valence-electron chi connectivity index (χ1n) is 6.12. The maximum Gasteiger partial charge on any atom is 0.280 e. The Bertz CT molecular complexity index is 987. The number of nitrogens with zero attached hydrogens (tertiary/aromatic N) is 1. The van der Waals surface area contributed by atoms with Crippen molar-refractivity contribution in [2.24, 2.45) is 0 Å². The van der Waals surface area contributed by atoms with Crippen LogP contribution in [0.3, 0.4) is 0 Å². The first kappa shape index (κ1) is 13.8. The molecule has 2 heterocycles. The lowest BCUT2D eigenvalue weighted by Gasteiger charge is -2.11. The van der Waals surface area contributed by atoms with Crippen molar-refractivity contribution in [2.75, 3.05) is 5.73 Å². The first-order valence-corrected chi connectivity index (χ1v) is 8.44. The molecule has 0 aliphatic rings. The summed E-state index contributed by atoms with van der Waals surface area (Å²) >= 11 is 1.07. The summed E-state index contributed by atoms with van der Waals surface area (Å²) in [7, 11) is -3.93. The van der Waals surface area contributed by atoms with Crippen molar-refractivity contribution in [3.8, 4) is 0 Å². The van der Waals surface area contributed by atoms with Gasteiger partial charge in [0.2, 0.25) is 0 Å². The van der Waals surface area contributed by atoms with Crippen LogP contribution >= 0.6 is 11.3 Å². The molecule has 1 aromatic carbocycles. The summed E-state index contributed by atoms with van der Waals surface area (Å²) < 4.78 is 26.4. The van der Waals surface area contributed by atoms with E-state index in [1.165, 1.54) is 12.1 Å². The molecule has 0 saturated carbocycles. The molecule has 0 saturated heterocycles. The largest absolute Gasteiger partial charge is 0.399 e. The molecule has 2 N–H and O–H groups in total. The number of anilines is 1. The van der Waals surface area contributed by atoms with E-state index in [1.54, 1.807) is 36.6 Å². The van der Waals surface area contributed by atoms with Gasteiger partial charge in [-0.15, -0.1) is 11.3 Å². The fourth-order valence-electron chi connectivity index (χ4n) is 2.16. The molecule has 0 amide bonds. The number of rotatable bonds is 2. The monoisotopic (exact) mass is 320 g/mol. The zero-order valence-electron chi connectivity index (χ0n) is 11.1. The minimum Gasteiger partial charge on any atom is -0.399 e. The van der Waals surface area contributed by atoms with E-state index in [4.69, 9.17) is 5.73 Å². The lowest BCUT2D eigenvalue weighted by Crippen LogP contribution is -2.28. The molecule has 0 aliphatic carbocycles. The van der Waals surface area contributed by atoms with Crippen LogP contribution in [0, 0.1) is 6.92 Å². The van der Waals surface area contributed by atoms with E-state index in [-0.39, 0.29) is 4.21 Å². The number of hydrogen-bond acceptors (Lipinski definition) is 5. The standard InChI is InChI=1S/C14H12N2O3S2/c1-9-7-10-4-5-11(15)8-12(10)16(14(9)17)21(18,19)13-3-2-6-20-13/h2-8H,15H2,1H3. The fourth-order valence-corrected chi connectivity index (χ4v) is 4.70. The molecule has 0 fully saturated rings. The van der Waals surface area contributed by atoms with Crippen LogP contribution in [0.4, 0.5) is 5.69 Å². The van der Waals surface area contributed by atoms with Gasteiger partial charge in [-0.2, -0.15) is 12.4 Å². The minimum absolute atomic E-state index is 0.124. The van der Waals surface area contributed by atoms with Gasteiger partial charge in [0.1, 0.15) is 4.21 Å². The predicted molar refractivity (Wildman–Crippen MR) is 84.3 cm³/mol. The van der Waals surface area contributed by atoms with E-state index >= 15 is 0 Å². The molecule has 0 spiro atoms. The number of aromatic nitrogens is 1. The molecule has 2 aromatic heterocycles. The number of nitrogen functional groups attached to an aromatic ring is 1. The molecule has 0 aliphatic heterocycles. The number of benzene rings is 1. The van der Waals surface area contributed by atoms with Gasteiger partial charge in [-0.1, -0.05) is 12.1 Å². The summed E-state index contributed by atoms with van der Waals surface area (Å²) in [6, 6.07) is 9.66. The lowest BCUT2D eigenvalue weighted by atomic mass is 10.1. The van der Waals surface area contributed by atoms with Crippen LogP contribution in [0.2, 0.25) is 0 Å². The van der Waals surface area contributed by atoms with E-state index in [2.05, 4.69) is 0 Å². The fraction of sp³-hybridized carbons (Fsp3) is 0.0714. The Morgan fingerprint density at radius 2 is 1.95 bits per heavy atom. The van der Waals surface area contributed by atoms with E-state index in [0.29, 0.717) is 22.2 Å². The third-order valence-electron chi connectivity index (χ3n) is 3.16. The van der Waals surface area contributed by atoms with Gasteiger partial charge in [-0.3, -0.25) is 4.79 Å². The van der Waals surface area contributed by atoms with E-state index in [0.717, 1.165) is 15.3 Å². The van der Waals surface area contributed by atoms with Crippen molar-refractivity contribution < 1.29 is 8.42 Å². The maximum absolute atomic E-state index is 12.7. The molecule has 3 aromatic rings. The molecule has 108 valence electrons. The average Bonchev–Trinajstić information content (AvgIpc) is 2.95. The van der Waals surface area contributed by atoms with Gasteiger partial charge < -0.3 is 5.73 Å². The van der Waals surface area contributed by atoms with Crippen molar-refractivity contribution in [1.29, 1.82) is 0 Å². The van der Waals surface area contributed by atoms with Crippen molar-refractivity contribution in [2.45, 2.75) is 11.1 Å². The molecule has 3 rings (SSSR count). The molecule has 21 heavy (non-hydrogen) atoms. The molecular formula is C14H12N2O3S2. The van der Waals surface area contributed by atoms with E-state index in [1.807, 2.05) is 0 Å². The Hall–Kier alpha value is -2.12. The van der Waals surface area contributed by atoms with Crippen LogP contribution in [-0.2, 0) is 10.0 Å². The SMILES string of the molecule is Cc1cc2ccc(N)cc2n(S(=O)(=O)c2cccs2)c1=O. The Kier molecular flexibility index (Phi) is 3.11. The van der Waals surface area contributed by atoms with Crippen LogP contribution < -0.4 is 11.3 Å². The summed E-state index contributed by atoms with van der Waals surface area (Å²) in [5.74, 6) is 0. The van der Waals surface area contributed by atoms with Crippen molar-refractivity contribution in [3.63, 3.8) is 0 Å². The predicted octanol–water partition coefficient (Wildman–Crippen LogP) is 2.19. The second kappa shape index (κ2) is 4.71. The molecule has 5 nitrogen and oxygen atoms in total. The second-order valence-electron chi connectivity index (χ2n) is 4.65. The average molecular weight is 320 g/mol. The normalized spacial score (nSPS) is 11.9. The molecule has 7 heteroatoms. The third-order valence-corrected chi connectivity index (χ3v) is 6.23. The van der Waals surface area contributed by atoms with Gasteiger partial charge in [-0.25, -0.2) is 0 Å². The number of pyridine rings is 1. The number of aryl methyl sites for hydroxylation is 1. The molecular weight excluding hydrogens is 308 g/mol. The zero-order chi connectivity index (χ0) is 15.2. The quantitative estimate of drug-likeness (QED) is 0.734. The third kappa shape index (κ3) is 2.14. The Labute approximate surface area is 125 Å². The summed E-state index contributed by atoms with van der Waals surface area (Å²) in [6.07, 6.45) is 0. The van der Waals surface area contributed by atoms with Gasteiger partial charge in [0.05, 0.1) is 5.52 Å². The van der Waals surface area contributed by atoms with Crippen LogP contribution in [0.5, 0.6) is 0 Å². The Morgan fingerprint density at radius 1 is 1.19 bits per heavy atom. The highest BCUT2D eigenvalue weighted by molar-refractivity contribution is 7.92. The first-order chi connectivity index (χ1) is 9.91. The summed E-state index contributed by atoms with van der Waals surface area (Å²) in [4.78, 5) is 12.4. The van der Waals surface area contributed by atoms with Crippen molar-refractivity contribution >= 4 is 38.0 Å². The van der Waals surface area contributed by atoms with Gasteiger partial charge in [-0.05, 0) is 42.0 Å². The highest BCUT2D eigenvalue weighted by Crippen LogP contribution is 2.24. The van der Waals surface area contributed by atoms with Gasteiger partial charge in [0.15, 0.2) is 0 Å². The van der Waals surface area contributed by atoms with Crippen LogP contribution in [0.1, 0.15) is 5.56 Å². The van der Waals surface area contributed by atoms with Crippen LogP contribution in [0.15, 0.2) is 50.8 Å². The number of hydrogen-bond donors (Lipinski definition) is 1. The van der Waals surface area contributed by atoms with Crippen LogP contribution in [-0.4, -0.2) is 12.4 Å². The topological polar surface area (TPSA) is 82.2 Å². The Morgan fingerprint density at radius 3 is 2.62 bits per heavy atom. The highest BCUT2D eigenvalue weighted by atomic mass is 32.2. The molecule has 0 bridgehead atoms. The summed E-state index contributed by atoms with van der Waals surface area (Å²) in [6.45, 7) is 1.60. The Balaban J connectivity index is 2.50. The van der Waals surface area contributed by atoms with Crippen LogP contribution in [0.25, 0.3) is 10.9 Å². The van der Waals surface area contributed by atoms with Crippen molar-refractivity contribution in [3.05, 3.63) is 57.7 Å². The second-order valence-corrected chi connectivity index (χ2v) is 7.61. The van der Waals surface area contributed by atoms with Gasteiger partial charge in [0.25, 0.3) is 15.6 Å².